The lowest BCUT2D eigenvalue weighted by atomic mass is 10.1. The molecule has 3 aromatic carbocycles. The molecule has 1 aliphatic rings. The number of aromatic nitrogens is 1. The largest absolute Gasteiger partial charge is 0.342 e. The van der Waals surface area contributed by atoms with Gasteiger partial charge in [0.05, 0.1) is 11.4 Å². The van der Waals surface area contributed by atoms with Crippen LogP contribution in [0.3, 0.4) is 0 Å². The molecule has 0 spiro atoms. The van der Waals surface area contributed by atoms with Crippen LogP contribution in [0.4, 0.5) is 4.79 Å². The minimum atomic E-state index is -0.258. The molecule has 0 saturated carbocycles. The Morgan fingerprint density at radius 1 is 0.844 bits per heavy atom. The number of hydrogen-bond donors (Lipinski definition) is 0. The van der Waals surface area contributed by atoms with Crippen molar-refractivity contribution in [3.63, 3.8) is 0 Å². The first-order valence-electron chi connectivity index (χ1n) is 10.2. The highest BCUT2D eigenvalue weighted by molar-refractivity contribution is 8.18. The van der Waals surface area contributed by atoms with Gasteiger partial charge < -0.3 is 4.57 Å². The van der Waals surface area contributed by atoms with Crippen LogP contribution < -0.4 is 0 Å². The van der Waals surface area contributed by atoms with Crippen molar-refractivity contribution in [3.8, 4) is 0 Å². The van der Waals surface area contributed by atoms with Gasteiger partial charge in [-0.05, 0) is 41.1 Å². The zero-order chi connectivity index (χ0) is 22.1. The SMILES string of the molecule is O=C1S/C(=C\c2cn(Cc3ccccc3Cl)c3ccccc23)C(=O)N1Cc1ccccc1. The molecule has 0 N–H and O–H groups in total. The summed E-state index contributed by atoms with van der Waals surface area (Å²) in [5.74, 6) is -0.258. The topological polar surface area (TPSA) is 42.3 Å². The number of benzene rings is 3. The molecular formula is C26H19ClN2O2S. The second kappa shape index (κ2) is 8.69. The Labute approximate surface area is 195 Å². The van der Waals surface area contributed by atoms with Crippen LogP contribution in [0.15, 0.2) is 90.0 Å². The average Bonchev–Trinajstić information content (AvgIpc) is 3.28. The maximum absolute atomic E-state index is 13.0. The van der Waals surface area contributed by atoms with E-state index < -0.39 is 0 Å². The van der Waals surface area contributed by atoms with Gasteiger partial charge in [0, 0.05) is 34.2 Å². The lowest BCUT2D eigenvalue weighted by molar-refractivity contribution is -0.123. The first kappa shape index (κ1) is 20.6. The summed E-state index contributed by atoms with van der Waals surface area (Å²) in [7, 11) is 0. The summed E-state index contributed by atoms with van der Waals surface area (Å²) in [6, 6.07) is 25.3. The molecule has 0 radical (unpaired) electrons. The van der Waals surface area contributed by atoms with Gasteiger partial charge in [0.15, 0.2) is 0 Å². The highest BCUT2D eigenvalue weighted by Gasteiger charge is 2.35. The fourth-order valence-corrected chi connectivity index (χ4v) is 4.90. The zero-order valence-corrected chi connectivity index (χ0v) is 18.6. The number of carbonyl (C=O) groups excluding carboxylic acids is 2. The number of hydrogen-bond acceptors (Lipinski definition) is 3. The number of imide groups is 1. The maximum Gasteiger partial charge on any atom is 0.293 e. The molecule has 2 heterocycles. The van der Waals surface area contributed by atoms with E-state index in [0.29, 0.717) is 16.5 Å². The number of halogens is 1. The quantitative estimate of drug-likeness (QED) is 0.317. The summed E-state index contributed by atoms with van der Waals surface area (Å²) in [6.07, 6.45) is 3.83. The summed E-state index contributed by atoms with van der Waals surface area (Å²) in [6.45, 7) is 0.890. The summed E-state index contributed by atoms with van der Waals surface area (Å²) in [5.41, 5.74) is 3.89. The van der Waals surface area contributed by atoms with Crippen LogP contribution in [0.2, 0.25) is 5.02 Å². The Bertz CT molecular complexity index is 1360. The second-order valence-corrected chi connectivity index (χ2v) is 8.97. The summed E-state index contributed by atoms with van der Waals surface area (Å²) < 4.78 is 2.12. The molecule has 0 aliphatic carbocycles. The van der Waals surface area contributed by atoms with E-state index in [9.17, 15) is 9.59 Å². The molecule has 0 bridgehead atoms. The molecule has 0 unspecified atom stereocenters. The van der Waals surface area contributed by atoms with E-state index in [0.717, 1.165) is 39.4 Å². The predicted molar refractivity (Wildman–Crippen MR) is 130 cm³/mol. The Balaban J connectivity index is 1.48. The number of thioether (sulfide) groups is 1. The minimum Gasteiger partial charge on any atom is -0.342 e. The van der Waals surface area contributed by atoms with Gasteiger partial charge >= 0.3 is 0 Å². The monoisotopic (exact) mass is 458 g/mol. The summed E-state index contributed by atoms with van der Waals surface area (Å²) in [5, 5.41) is 1.49. The molecule has 4 nitrogen and oxygen atoms in total. The summed E-state index contributed by atoms with van der Waals surface area (Å²) in [4.78, 5) is 27.3. The zero-order valence-electron chi connectivity index (χ0n) is 17.1. The molecule has 1 aromatic heterocycles. The van der Waals surface area contributed by atoms with E-state index in [1.807, 2.05) is 91.1 Å². The number of nitrogens with zero attached hydrogens (tertiary/aromatic N) is 2. The molecule has 6 heteroatoms. The fourth-order valence-electron chi connectivity index (χ4n) is 3.87. The minimum absolute atomic E-state index is 0.245. The van der Waals surface area contributed by atoms with Crippen LogP contribution >= 0.6 is 23.4 Å². The maximum atomic E-state index is 13.0. The second-order valence-electron chi connectivity index (χ2n) is 7.57. The highest BCUT2D eigenvalue weighted by atomic mass is 35.5. The average molecular weight is 459 g/mol. The number of carbonyl (C=O) groups is 2. The standard InChI is InChI=1S/C26H19ClN2O2S/c27-22-12-6-4-10-19(22)16-28-17-20(21-11-5-7-13-23(21)28)14-24-25(30)29(26(31)32-24)15-18-8-2-1-3-9-18/h1-14,17H,15-16H2/b24-14-. The normalized spacial score (nSPS) is 15.3. The van der Waals surface area contributed by atoms with Crippen LogP contribution in [-0.2, 0) is 17.9 Å². The third-order valence-electron chi connectivity index (χ3n) is 5.46. The van der Waals surface area contributed by atoms with E-state index in [1.165, 1.54) is 4.90 Å². The van der Waals surface area contributed by atoms with Gasteiger partial charge in [0.1, 0.15) is 0 Å². The number of para-hydroxylation sites is 1. The molecule has 1 aliphatic heterocycles. The van der Waals surface area contributed by atoms with E-state index >= 15 is 0 Å². The lowest BCUT2D eigenvalue weighted by Gasteiger charge is -2.12. The van der Waals surface area contributed by atoms with Crippen LogP contribution in [-0.4, -0.2) is 20.6 Å². The molecule has 0 atom stereocenters. The van der Waals surface area contributed by atoms with Gasteiger partial charge in [-0.2, -0.15) is 0 Å². The van der Waals surface area contributed by atoms with Crippen molar-refractivity contribution in [1.82, 2.24) is 9.47 Å². The fraction of sp³-hybridized carbons (Fsp3) is 0.0769. The first-order chi connectivity index (χ1) is 15.6. The van der Waals surface area contributed by atoms with Crippen molar-refractivity contribution in [1.29, 1.82) is 0 Å². The number of fused-ring (bicyclic) bond motifs is 1. The van der Waals surface area contributed by atoms with Gasteiger partial charge in [0.2, 0.25) is 0 Å². The molecule has 1 saturated heterocycles. The van der Waals surface area contributed by atoms with Gasteiger partial charge in [0.25, 0.3) is 11.1 Å². The Kier molecular flexibility index (Phi) is 5.60. The van der Waals surface area contributed by atoms with E-state index in [-0.39, 0.29) is 17.7 Å². The van der Waals surface area contributed by atoms with Gasteiger partial charge in [-0.15, -0.1) is 0 Å². The highest BCUT2D eigenvalue weighted by Crippen LogP contribution is 2.35. The van der Waals surface area contributed by atoms with Crippen molar-refractivity contribution in [2.24, 2.45) is 0 Å². The van der Waals surface area contributed by atoms with Crippen molar-refractivity contribution < 1.29 is 9.59 Å². The van der Waals surface area contributed by atoms with E-state index in [2.05, 4.69) is 4.57 Å². The van der Waals surface area contributed by atoms with Crippen LogP contribution in [0.5, 0.6) is 0 Å². The molecule has 1 fully saturated rings. The van der Waals surface area contributed by atoms with Crippen molar-refractivity contribution in [2.75, 3.05) is 0 Å². The Morgan fingerprint density at radius 2 is 1.56 bits per heavy atom. The van der Waals surface area contributed by atoms with Gasteiger partial charge in [-0.1, -0.05) is 78.3 Å². The van der Waals surface area contributed by atoms with Crippen molar-refractivity contribution in [3.05, 3.63) is 112 Å². The van der Waals surface area contributed by atoms with Crippen molar-refractivity contribution in [2.45, 2.75) is 13.1 Å². The number of rotatable bonds is 5. The van der Waals surface area contributed by atoms with Crippen LogP contribution in [0.25, 0.3) is 17.0 Å². The number of amides is 2. The van der Waals surface area contributed by atoms with Crippen LogP contribution in [0.1, 0.15) is 16.7 Å². The third kappa shape index (κ3) is 3.97. The smallest absolute Gasteiger partial charge is 0.293 e. The van der Waals surface area contributed by atoms with Crippen molar-refractivity contribution >= 4 is 51.5 Å². The molecule has 2 amide bonds. The Morgan fingerprint density at radius 3 is 2.38 bits per heavy atom. The van der Waals surface area contributed by atoms with E-state index in [1.54, 1.807) is 0 Å². The molecule has 158 valence electrons. The van der Waals surface area contributed by atoms with Crippen LogP contribution in [0, 0.1) is 0 Å². The first-order valence-corrected chi connectivity index (χ1v) is 11.4. The van der Waals surface area contributed by atoms with E-state index in [4.69, 9.17) is 11.6 Å². The van der Waals surface area contributed by atoms with Gasteiger partial charge in [-0.25, -0.2) is 0 Å². The molecule has 32 heavy (non-hydrogen) atoms. The lowest BCUT2D eigenvalue weighted by Crippen LogP contribution is -2.27. The third-order valence-corrected chi connectivity index (χ3v) is 6.74. The predicted octanol–water partition coefficient (Wildman–Crippen LogP) is 6.58. The molecule has 4 aromatic rings. The summed E-state index contributed by atoms with van der Waals surface area (Å²) >= 11 is 7.36. The van der Waals surface area contributed by atoms with Gasteiger partial charge in [-0.3, -0.25) is 14.5 Å². The molecule has 5 rings (SSSR count). The molecular weight excluding hydrogens is 440 g/mol. The Hall–Kier alpha value is -3.28.